The number of aldehydes is 1. The van der Waals surface area contributed by atoms with Crippen LogP contribution in [0.2, 0.25) is 0 Å². The van der Waals surface area contributed by atoms with Gasteiger partial charge in [-0.05, 0) is 13.2 Å². The van der Waals surface area contributed by atoms with E-state index < -0.39 is 0 Å². The van der Waals surface area contributed by atoms with Crippen molar-refractivity contribution in [3.05, 3.63) is 11.1 Å². The van der Waals surface area contributed by atoms with Crippen LogP contribution in [0.3, 0.4) is 0 Å². The molecule has 1 aromatic rings. The average molecular weight is 230 g/mol. The molecule has 14 heavy (non-hydrogen) atoms. The molecular weight excluding hydrogens is 216 g/mol. The number of carbonyl (C=O) groups is 1. The summed E-state index contributed by atoms with van der Waals surface area (Å²) in [4.78, 5) is 17.5. The largest absolute Gasteiger partial charge is 0.348 e. The van der Waals surface area contributed by atoms with Gasteiger partial charge in [0.25, 0.3) is 0 Å². The van der Waals surface area contributed by atoms with Crippen molar-refractivity contribution >= 4 is 34.5 Å². The second kappa shape index (κ2) is 5.36. The van der Waals surface area contributed by atoms with E-state index in [1.807, 2.05) is 18.8 Å². The first-order chi connectivity index (χ1) is 6.69. The van der Waals surface area contributed by atoms with Crippen molar-refractivity contribution in [2.24, 2.45) is 0 Å². The van der Waals surface area contributed by atoms with Crippen LogP contribution in [-0.2, 0) is 0 Å². The first-order valence-corrected chi connectivity index (χ1v) is 6.52. The SMILES string of the molecule is CSCC(C)N(C)c1ncc(C=O)s1. The fourth-order valence-electron chi connectivity index (χ4n) is 1.04. The maximum Gasteiger partial charge on any atom is 0.185 e. The minimum Gasteiger partial charge on any atom is -0.348 e. The van der Waals surface area contributed by atoms with Crippen molar-refractivity contribution in [1.82, 2.24) is 4.98 Å². The summed E-state index contributed by atoms with van der Waals surface area (Å²) >= 11 is 3.24. The zero-order chi connectivity index (χ0) is 10.6. The van der Waals surface area contributed by atoms with Gasteiger partial charge in [0, 0.05) is 18.8 Å². The van der Waals surface area contributed by atoms with Gasteiger partial charge in [-0.25, -0.2) is 4.98 Å². The highest BCUT2D eigenvalue weighted by atomic mass is 32.2. The van der Waals surface area contributed by atoms with Gasteiger partial charge >= 0.3 is 0 Å². The van der Waals surface area contributed by atoms with Crippen molar-refractivity contribution in [3.63, 3.8) is 0 Å². The minimum absolute atomic E-state index is 0.440. The molecule has 1 aromatic heterocycles. The van der Waals surface area contributed by atoms with Gasteiger partial charge in [0.15, 0.2) is 11.4 Å². The monoisotopic (exact) mass is 230 g/mol. The Bertz CT molecular complexity index is 301. The van der Waals surface area contributed by atoms with Crippen molar-refractivity contribution in [1.29, 1.82) is 0 Å². The van der Waals surface area contributed by atoms with E-state index in [-0.39, 0.29) is 0 Å². The van der Waals surface area contributed by atoms with E-state index in [9.17, 15) is 4.79 Å². The quantitative estimate of drug-likeness (QED) is 0.726. The minimum atomic E-state index is 0.440. The fraction of sp³-hybridized carbons (Fsp3) is 0.556. The second-order valence-electron chi connectivity index (χ2n) is 3.08. The van der Waals surface area contributed by atoms with Crippen LogP contribution in [0.15, 0.2) is 6.20 Å². The summed E-state index contributed by atoms with van der Waals surface area (Å²) in [7, 11) is 2.01. The first-order valence-electron chi connectivity index (χ1n) is 4.31. The Balaban J connectivity index is 2.67. The Morgan fingerprint density at radius 1 is 1.79 bits per heavy atom. The van der Waals surface area contributed by atoms with Gasteiger partial charge in [-0.3, -0.25) is 4.79 Å². The lowest BCUT2D eigenvalue weighted by atomic mass is 10.4. The maximum absolute atomic E-state index is 10.5. The van der Waals surface area contributed by atoms with E-state index in [2.05, 4.69) is 23.1 Å². The van der Waals surface area contributed by atoms with Crippen LogP contribution in [0.25, 0.3) is 0 Å². The lowest BCUT2D eigenvalue weighted by molar-refractivity contribution is 0.112. The van der Waals surface area contributed by atoms with Crippen molar-refractivity contribution in [2.75, 3.05) is 24.0 Å². The lowest BCUT2D eigenvalue weighted by Crippen LogP contribution is -2.30. The van der Waals surface area contributed by atoms with Gasteiger partial charge in [-0.2, -0.15) is 11.8 Å². The molecule has 0 aliphatic heterocycles. The maximum atomic E-state index is 10.5. The van der Waals surface area contributed by atoms with E-state index in [0.29, 0.717) is 10.9 Å². The molecule has 0 aliphatic rings. The molecule has 0 fully saturated rings. The summed E-state index contributed by atoms with van der Waals surface area (Å²) in [6.45, 7) is 2.15. The molecule has 1 unspecified atom stereocenters. The van der Waals surface area contributed by atoms with Gasteiger partial charge in [0.2, 0.25) is 0 Å². The van der Waals surface area contributed by atoms with Crippen LogP contribution >= 0.6 is 23.1 Å². The van der Waals surface area contributed by atoms with E-state index in [0.717, 1.165) is 17.2 Å². The number of thioether (sulfide) groups is 1. The molecule has 0 saturated carbocycles. The molecule has 0 N–H and O–H groups in total. The highest BCUT2D eigenvalue weighted by molar-refractivity contribution is 7.98. The van der Waals surface area contributed by atoms with E-state index in [1.165, 1.54) is 11.3 Å². The average Bonchev–Trinajstić information content (AvgIpc) is 2.65. The lowest BCUT2D eigenvalue weighted by Gasteiger charge is -2.23. The van der Waals surface area contributed by atoms with Gasteiger partial charge in [0.05, 0.1) is 11.1 Å². The number of aromatic nitrogens is 1. The number of thiazole rings is 1. The molecule has 0 aromatic carbocycles. The third-order valence-electron chi connectivity index (χ3n) is 2.00. The topological polar surface area (TPSA) is 33.2 Å². The number of hydrogen-bond acceptors (Lipinski definition) is 5. The molecule has 1 rings (SSSR count). The number of anilines is 1. The first kappa shape index (κ1) is 11.5. The van der Waals surface area contributed by atoms with Crippen molar-refractivity contribution in [2.45, 2.75) is 13.0 Å². The summed E-state index contributed by atoms with van der Waals surface area (Å²) in [6, 6.07) is 0.440. The highest BCUT2D eigenvalue weighted by Gasteiger charge is 2.12. The predicted molar refractivity (Wildman–Crippen MR) is 63.7 cm³/mol. The summed E-state index contributed by atoms with van der Waals surface area (Å²) in [6.07, 6.45) is 4.55. The summed E-state index contributed by atoms with van der Waals surface area (Å²) in [5.74, 6) is 1.06. The van der Waals surface area contributed by atoms with Crippen LogP contribution in [0.4, 0.5) is 5.13 Å². The zero-order valence-electron chi connectivity index (χ0n) is 8.56. The Kier molecular flexibility index (Phi) is 4.41. The third-order valence-corrected chi connectivity index (χ3v) is 3.83. The Labute approximate surface area is 92.5 Å². The molecule has 1 heterocycles. The van der Waals surface area contributed by atoms with Crippen LogP contribution in [0.5, 0.6) is 0 Å². The summed E-state index contributed by atoms with van der Waals surface area (Å²) < 4.78 is 0. The standard InChI is InChI=1S/C9H14N2OS2/c1-7(6-13-3)11(2)9-10-4-8(5-12)14-9/h4-5,7H,6H2,1-3H3. The van der Waals surface area contributed by atoms with Gasteiger partial charge in [-0.1, -0.05) is 11.3 Å². The van der Waals surface area contributed by atoms with Crippen LogP contribution < -0.4 is 4.90 Å². The molecule has 0 aliphatic carbocycles. The van der Waals surface area contributed by atoms with Crippen molar-refractivity contribution < 1.29 is 4.79 Å². The third kappa shape index (κ3) is 2.72. The number of hydrogen-bond donors (Lipinski definition) is 0. The Hall–Kier alpha value is -0.550. The molecular formula is C9H14N2OS2. The summed E-state index contributed by atoms with van der Waals surface area (Å²) in [5.41, 5.74) is 0. The molecule has 5 heteroatoms. The fourth-order valence-corrected chi connectivity index (χ4v) is 2.54. The molecule has 0 radical (unpaired) electrons. The van der Waals surface area contributed by atoms with E-state index >= 15 is 0 Å². The molecule has 0 amide bonds. The molecule has 0 saturated heterocycles. The van der Waals surface area contributed by atoms with Gasteiger partial charge in [0.1, 0.15) is 0 Å². The second-order valence-corrected chi connectivity index (χ2v) is 5.03. The number of rotatable bonds is 5. The smallest absolute Gasteiger partial charge is 0.185 e. The molecule has 0 bridgehead atoms. The molecule has 0 spiro atoms. The number of carbonyl (C=O) groups excluding carboxylic acids is 1. The Morgan fingerprint density at radius 3 is 3.00 bits per heavy atom. The predicted octanol–water partition coefficient (Wildman–Crippen LogP) is 2.14. The highest BCUT2D eigenvalue weighted by Crippen LogP contribution is 2.22. The summed E-state index contributed by atoms with van der Waals surface area (Å²) in [5, 5.41) is 0.911. The van der Waals surface area contributed by atoms with Crippen molar-refractivity contribution in [3.8, 4) is 0 Å². The van der Waals surface area contributed by atoms with Gasteiger partial charge < -0.3 is 4.90 Å². The van der Waals surface area contributed by atoms with E-state index in [1.54, 1.807) is 6.20 Å². The van der Waals surface area contributed by atoms with Gasteiger partial charge in [-0.15, -0.1) is 0 Å². The normalized spacial score (nSPS) is 12.5. The zero-order valence-corrected chi connectivity index (χ0v) is 10.2. The van der Waals surface area contributed by atoms with Crippen LogP contribution in [0, 0.1) is 0 Å². The Morgan fingerprint density at radius 2 is 2.50 bits per heavy atom. The molecule has 78 valence electrons. The molecule has 1 atom stereocenters. The van der Waals surface area contributed by atoms with E-state index in [4.69, 9.17) is 0 Å². The molecule has 3 nitrogen and oxygen atoms in total. The van der Waals surface area contributed by atoms with Crippen LogP contribution in [-0.4, -0.2) is 36.4 Å². The van der Waals surface area contributed by atoms with Crippen LogP contribution in [0.1, 0.15) is 16.6 Å². The number of nitrogens with zero attached hydrogens (tertiary/aromatic N) is 2.